The topological polar surface area (TPSA) is 0 Å². The van der Waals surface area contributed by atoms with E-state index in [0.717, 1.165) is 10.9 Å². The van der Waals surface area contributed by atoms with E-state index in [9.17, 15) is 0 Å². The lowest BCUT2D eigenvalue weighted by atomic mass is 9.76. The van der Waals surface area contributed by atoms with Crippen LogP contribution in [0.3, 0.4) is 0 Å². The van der Waals surface area contributed by atoms with E-state index >= 15 is 0 Å². The van der Waals surface area contributed by atoms with Gasteiger partial charge in [0.1, 0.15) is 0 Å². The quantitative estimate of drug-likeness (QED) is 0.527. The molecule has 0 spiro atoms. The van der Waals surface area contributed by atoms with Gasteiger partial charge in [-0.25, -0.2) is 0 Å². The number of hydrogen-bond donors (Lipinski definition) is 0. The number of fused-ring (bicyclic) bond motifs is 3. The standard InChI is InChI=1S/C20H15Br/c21-16-11-9-14(10-12-16)20-13-15-5-1-2-6-17(15)18-7-3-4-8-19(18)20/h1-12,20H,13H2/t20-/m1/s1. The van der Waals surface area contributed by atoms with Gasteiger partial charge in [-0.15, -0.1) is 0 Å². The third-order valence-electron chi connectivity index (χ3n) is 4.34. The van der Waals surface area contributed by atoms with Crippen LogP contribution >= 0.6 is 15.9 Å². The van der Waals surface area contributed by atoms with Crippen molar-refractivity contribution in [2.24, 2.45) is 0 Å². The van der Waals surface area contributed by atoms with Crippen molar-refractivity contribution < 1.29 is 0 Å². The van der Waals surface area contributed by atoms with Crippen molar-refractivity contribution in [1.82, 2.24) is 0 Å². The maximum absolute atomic E-state index is 3.53. The minimum Gasteiger partial charge on any atom is -0.0620 e. The normalized spacial score (nSPS) is 16.1. The second-order valence-electron chi connectivity index (χ2n) is 5.55. The second-order valence-corrected chi connectivity index (χ2v) is 6.47. The summed E-state index contributed by atoms with van der Waals surface area (Å²) in [6.07, 6.45) is 1.08. The lowest BCUT2D eigenvalue weighted by Crippen LogP contribution is -2.12. The molecule has 0 saturated carbocycles. The highest BCUT2D eigenvalue weighted by atomic mass is 79.9. The molecule has 21 heavy (non-hydrogen) atoms. The summed E-state index contributed by atoms with van der Waals surface area (Å²) in [7, 11) is 0. The zero-order valence-corrected chi connectivity index (χ0v) is 13.2. The molecule has 0 aromatic heterocycles. The summed E-state index contributed by atoms with van der Waals surface area (Å²) < 4.78 is 1.13. The van der Waals surface area contributed by atoms with Crippen molar-refractivity contribution in [1.29, 1.82) is 0 Å². The first kappa shape index (κ1) is 12.8. The molecular weight excluding hydrogens is 320 g/mol. The van der Waals surface area contributed by atoms with Crippen LogP contribution in [0.2, 0.25) is 0 Å². The SMILES string of the molecule is Brc1ccc([C@H]2Cc3ccccc3-c3ccccc32)cc1. The van der Waals surface area contributed by atoms with Crippen molar-refractivity contribution >= 4 is 15.9 Å². The van der Waals surface area contributed by atoms with Gasteiger partial charge in [-0.3, -0.25) is 0 Å². The molecule has 1 aliphatic rings. The second kappa shape index (κ2) is 5.16. The van der Waals surface area contributed by atoms with Gasteiger partial charge in [0.15, 0.2) is 0 Å². The molecule has 3 aromatic carbocycles. The molecule has 4 rings (SSSR count). The van der Waals surface area contributed by atoms with Crippen LogP contribution in [0.4, 0.5) is 0 Å². The van der Waals surface area contributed by atoms with Crippen LogP contribution in [0, 0.1) is 0 Å². The van der Waals surface area contributed by atoms with E-state index in [-0.39, 0.29) is 0 Å². The highest BCUT2D eigenvalue weighted by Crippen LogP contribution is 2.42. The molecule has 0 N–H and O–H groups in total. The Balaban J connectivity index is 1.90. The molecule has 0 heterocycles. The molecule has 0 fully saturated rings. The molecule has 3 aromatic rings. The van der Waals surface area contributed by atoms with Gasteiger partial charge in [-0.2, -0.15) is 0 Å². The molecule has 1 atom stereocenters. The molecule has 102 valence electrons. The van der Waals surface area contributed by atoms with Crippen LogP contribution in [0.1, 0.15) is 22.6 Å². The Kier molecular flexibility index (Phi) is 3.16. The van der Waals surface area contributed by atoms with E-state index in [1.54, 1.807) is 0 Å². The maximum Gasteiger partial charge on any atom is 0.0175 e. The Hall–Kier alpha value is -1.86. The molecule has 0 unspecified atom stereocenters. The highest BCUT2D eigenvalue weighted by molar-refractivity contribution is 9.10. The molecule has 1 aliphatic carbocycles. The highest BCUT2D eigenvalue weighted by Gasteiger charge is 2.25. The zero-order chi connectivity index (χ0) is 14.2. The van der Waals surface area contributed by atoms with Gasteiger partial charge in [0.2, 0.25) is 0 Å². The number of rotatable bonds is 1. The Morgan fingerprint density at radius 3 is 2.19 bits per heavy atom. The fourth-order valence-corrected chi connectivity index (χ4v) is 3.59. The summed E-state index contributed by atoms with van der Waals surface area (Å²) >= 11 is 3.53. The smallest absolute Gasteiger partial charge is 0.0175 e. The van der Waals surface area contributed by atoms with Crippen LogP contribution in [-0.2, 0) is 6.42 Å². The molecule has 0 nitrogen and oxygen atoms in total. The average Bonchev–Trinajstić information content (AvgIpc) is 2.55. The van der Waals surface area contributed by atoms with Gasteiger partial charge >= 0.3 is 0 Å². The van der Waals surface area contributed by atoms with Crippen molar-refractivity contribution in [3.63, 3.8) is 0 Å². The van der Waals surface area contributed by atoms with Crippen molar-refractivity contribution in [2.75, 3.05) is 0 Å². The summed E-state index contributed by atoms with van der Waals surface area (Å²) in [4.78, 5) is 0. The first-order valence-electron chi connectivity index (χ1n) is 7.25. The first-order chi connectivity index (χ1) is 10.3. The molecule has 1 heteroatoms. The Bertz CT molecular complexity index is 787. The third kappa shape index (κ3) is 2.22. The van der Waals surface area contributed by atoms with Crippen LogP contribution in [0.25, 0.3) is 11.1 Å². The molecule has 0 saturated heterocycles. The van der Waals surface area contributed by atoms with Crippen molar-refractivity contribution in [3.8, 4) is 11.1 Å². The first-order valence-corrected chi connectivity index (χ1v) is 8.05. The molecule has 0 bridgehead atoms. The summed E-state index contributed by atoms with van der Waals surface area (Å²) in [5, 5.41) is 0. The van der Waals surface area contributed by atoms with E-state index in [2.05, 4.69) is 88.7 Å². The largest absolute Gasteiger partial charge is 0.0620 e. The molecular formula is C20H15Br. The van der Waals surface area contributed by atoms with Gasteiger partial charge < -0.3 is 0 Å². The Morgan fingerprint density at radius 1 is 0.714 bits per heavy atom. The van der Waals surface area contributed by atoms with E-state index in [1.807, 2.05) is 0 Å². The van der Waals surface area contributed by atoms with Crippen LogP contribution in [-0.4, -0.2) is 0 Å². The van der Waals surface area contributed by atoms with Crippen molar-refractivity contribution in [2.45, 2.75) is 12.3 Å². The minimum absolute atomic E-state index is 0.448. The molecule has 0 aliphatic heterocycles. The van der Waals surface area contributed by atoms with Gasteiger partial charge in [-0.1, -0.05) is 76.6 Å². The van der Waals surface area contributed by atoms with Crippen LogP contribution < -0.4 is 0 Å². The van der Waals surface area contributed by atoms with Gasteiger partial charge in [-0.05, 0) is 46.4 Å². The zero-order valence-electron chi connectivity index (χ0n) is 11.6. The summed E-state index contributed by atoms with van der Waals surface area (Å²) in [5.74, 6) is 0.448. The minimum atomic E-state index is 0.448. The molecule has 0 amide bonds. The third-order valence-corrected chi connectivity index (χ3v) is 4.87. The summed E-state index contributed by atoms with van der Waals surface area (Å²) in [5.41, 5.74) is 7.05. The van der Waals surface area contributed by atoms with Crippen molar-refractivity contribution in [3.05, 3.63) is 94.0 Å². The van der Waals surface area contributed by atoms with Gasteiger partial charge in [0.25, 0.3) is 0 Å². The predicted molar refractivity (Wildman–Crippen MR) is 91.6 cm³/mol. The Morgan fingerprint density at radius 2 is 1.38 bits per heavy atom. The molecule has 0 radical (unpaired) electrons. The van der Waals surface area contributed by atoms with Gasteiger partial charge in [0.05, 0.1) is 0 Å². The number of benzene rings is 3. The summed E-state index contributed by atoms with van der Waals surface area (Å²) in [6.45, 7) is 0. The monoisotopic (exact) mass is 334 g/mol. The fourth-order valence-electron chi connectivity index (χ4n) is 3.33. The lowest BCUT2D eigenvalue weighted by molar-refractivity contribution is 0.793. The van der Waals surface area contributed by atoms with E-state index in [4.69, 9.17) is 0 Å². The van der Waals surface area contributed by atoms with E-state index in [1.165, 1.54) is 27.8 Å². The Labute approximate surface area is 133 Å². The number of halogens is 1. The lowest BCUT2D eigenvalue weighted by Gasteiger charge is -2.28. The maximum atomic E-state index is 3.53. The summed E-state index contributed by atoms with van der Waals surface area (Å²) in [6, 6.07) is 26.3. The predicted octanol–water partition coefficient (Wildman–Crippen LogP) is 5.80. The fraction of sp³-hybridized carbons (Fsp3) is 0.100. The van der Waals surface area contributed by atoms with E-state index < -0.39 is 0 Å². The van der Waals surface area contributed by atoms with Crippen LogP contribution in [0.15, 0.2) is 77.3 Å². The van der Waals surface area contributed by atoms with Gasteiger partial charge in [0, 0.05) is 10.4 Å². The number of hydrogen-bond acceptors (Lipinski definition) is 0. The average molecular weight is 335 g/mol. The van der Waals surface area contributed by atoms with E-state index in [0.29, 0.717) is 5.92 Å². The van der Waals surface area contributed by atoms with Crippen LogP contribution in [0.5, 0.6) is 0 Å².